The van der Waals surface area contributed by atoms with Crippen molar-refractivity contribution >= 4 is 82.7 Å². The smallest absolute Gasteiger partial charge is 0.213 e. The van der Waals surface area contributed by atoms with E-state index >= 15 is 0 Å². The summed E-state index contributed by atoms with van der Waals surface area (Å²) in [6, 6.07) is 73.1. The van der Waals surface area contributed by atoms with Crippen molar-refractivity contribution in [1.82, 2.24) is 4.57 Å². The van der Waals surface area contributed by atoms with Crippen LogP contribution in [0, 0.1) is 0 Å². The summed E-state index contributed by atoms with van der Waals surface area (Å²) in [7, 11) is 0. The molecule has 0 amide bonds. The maximum atomic E-state index is 6.69. The van der Waals surface area contributed by atoms with Gasteiger partial charge in [0.1, 0.15) is 11.2 Å². The molecule has 3 heterocycles. The summed E-state index contributed by atoms with van der Waals surface area (Å²) in [4.78, 5) is 2.36. The lowest BCUT2D eigenvalue weighted by molar-refractivity contribution is 0.645. The van der Waals surface area contributed by atoms with E-state index in [0.29, 0.717) is 0 Å². The quantitative estimate of drug-likeness (QED) is 0.170. The number of anilines is 3. The summed E-state index contributed by atoms with van der Waals surface area (Å²) >= 11 is 0. The van der Waals surface area contributed by atoms with Crippen LogP contribution in [0.2, 0.25) is 0 Å². The summed E-state index contributed by atoms with van der Waals surface area (Å²) in [5.41, 5.74) is 13.4. The van der Waals surface area contributed by atoms with Crippen LogP contribution >= 0.6 is 0 Å². The number of benzene rings is 9. The molecule has 0 bridgehead atoms. The van der Waals surface area contributed by atoms with Crippen molar-refractivity contribution in [2.75, 3.05) is 4.90 Å². The first kappa shape index (κ1) is 32.4. The van der Waals surface area contributed by atoms with Gasteiger partial charge in [-0.1, -0.05) is 152 Å². The second-order valence-electron chi connectivity index (χ2n) is 14.9. The first-order chi connectivity index (χ1) is 28.8. The second-order valence-corrected chi connectivity index (χ2v) is 14.9. The molecule has 0 aliphatic rings. The predicted molar refractivity (Wildman–Crippen MR) is 241 cm³/mol. The van der Waals surface area contributed by atoms with E-state index in [1.807, 2.05) is 24.3 Å². The molecule has 3 aromatic heterocycles. The lowest BCUT2D eigenvalue weighted by Crippen LogP contribution is -2.11. The Bertz CT molecular complexity index is 3500. The van der Waals surface area contributed by atoms with E-state index in [1.54, 1.807) is 0 Å². The summed E-state index contributed by atoms with van der Waals surface area (Å²) in [5.74, 6) is 0. The van der Waals surface area contributed by atoms with Crippen LogP contribution in [-0.2, 0) is 0 Å². The van der Waals surface area contributed by atoms with Gasteiger partial charge in [-0.15, -0.1) is 0 Å². The number of fused-ring (bicyclic) bond motifs is 9. The first-order valence-corrected chi connectivity index (χ1v) is 19.7. The summed E-state index contributed by atoms with van der Waals surface area (Å²) in [5, 5.41) is 7.97. The van der Waals surface area contributed by atoms with E-state index in [2.05, 4.69) is 191 Å². The molecule has 0 saturated carbocycles. The van der Waals surface area contributed by atoms with Crippen LogP contribution in [0.25, 0.3) is 93.6 Å². The highest BCUT2D eigenvalue weighted by Gasteiger charge is 2.23. The summed E-state index contributed by atoms with van der Waals surface area (Å²) in [6.45, 7) is 0. The lowest BCUT2D eigenvalue weighted by Gasteiger charge is -2.27. The van der Waals surface area contributed by atoms with E-state index < -0.39 is 0 Å². The van der Waals surface area contributed by atoms with Gasteiger partial charge in [0.25, 0.3) is 0 Å². The van der Waals surface area contributed by atoms with Crippen LogP contribution in [0.4, 0.5) is 17.1 Å². The van der Waals surface area contributed by atoms with Crippen LogP contribution < -0.4 is 4.90 Å². The Hall–Kier alpha value is -7.82. The van der Waals surface area contributed by atoms with Crippen molar-refractivity contribution in [3.8, 4) is 27.9 Å². The van der Waals surface area contributed by atoms with Gasteiger partial charge in [-0.3, -0.25) is 4.57 Å². The molecule has 0 atom stereocenters. The Kier molecular flexibility index (Phi) is 7.20. The zero-order valence-corrected chi connectivity index (χ0v) is 31.3. The number of hydrogen-bond acceptors (Lipinski definition) is 3. The third-order valence-corrected chi connectivity index (χ3v) is 11.6. The third kappa shape index (κ3) is 4.95. The molecule has 0 radical (unpaired) electrons. The largest absolute Gasteiger partial charge is 0.454 e. The first-order valence-electron chi connectivity index (χ1n) is 19.7. The fourth-order valence-corrected chi connectivity index (χ4v) is 8.97. The maximum absolute atomic E-state index is 6.69. The highest BCUT2D eigenvalue weighted by Crippen LogP contribution is 2.46. The van der Waals surface area contributed by atoms with Crippen LogP contribution in [0.3, 0.4) is 0 Å². The molecule has 58 heavy (non-hydrogen) atoms. The molecular weight excluding hydrogens is 709 g/mol. The molecule has 272 valence electrons. The molecule has 12 rings (SSSR count). The standard InChI is InChI=1S/C54H34N2O2/c1-3-14-36(15-4-1)40-32-33-47(42-19-8-7-18-41(40)42)55(48-23-13-22-44-43-20-9-11-24-50(43)57-53(44)48)39-29-26-35(27-30-39)37-28-31-45-49(34-37)56(38-16-5-2-6-17-38)54-52(45)46-21-10-12-25-51(46)58-54/h1-34H. The Balaban J connectivity index is 1.04. The molecule has 4 nitrogen and oxygen atoms in total. The van der Waals surface area contributed by atoms with Crippen LogP contribution in [0.1, 0.15) is 0 Å². The molecule has 12 aromatic rings. The molecule has 0 saturated heterocycles. The van der Waals surface area contributed by atoms with Gasteiger partial charge >= 0.3 is 0 Å². The van der Waals surface area contributed by atoms with Gasteiger partial charge in [-0.2, -0.15) is 0 Å². The fraction of sp³-hybridized carbons (Fsp3) is 0. The van der Waals surface area contributed by atoms with E-state index in [1.165, 1.54) is 21.9 Å². The molecule has 0 aliphatic heterocycles. The maximum Gasteiger partial charge on any atom is 0.213 e. The number of furan rings is 2. The fourth-order valence-electron chi connectivity index (χ4n) is 8.97. The molecule has 4 heteroatoms. The minimum absolute atomic E-state index is 0.855. The van der Waals surface area contributed by atoms with E-state index in [4.69, 9.17) is 8.83 Å². The number of hydrogen-bond donors (Lipinski definition) is 0. The molecule has 0 fully saturated rings. The second kappa shape index (κ2) is 12.9. The minimum Gasteiger partial charge on any atom is -0.454 e. The highest BCUT2D eigenvalue weighted by atomic mass is 16.3. The van der Waals surface area contributed by atoms with Crippen LogP contribution in [-0.4, -0.2) is 4.57 Å². The van der Waals surface area contributed by atoms with Crippen LogP contribution in [0.15, 0.2) is 215 Å². The van der Waals surface area contributed by atoms with E-state index in [-0.39, 0.29) is 0 Å². The average Bonchev–Trinajstić information content (AvgIpc) is 3.96. The Morgan fingerprint density at radius 3 is 1.81 bits per heavy atom. The van der Waals surface area contributed by atoms with Crippen molar-refractivity contribution in [2.24, 2.45) is 0 Å². The van der Waals surface area contributed by atoms with Crippen molar-refractivity contribution < 1.29 is 8.83 Å². The molecule has 0 aliphatic carbocycles. The van der Waals surface area contributed by atoms with Crippen molar-refractivity contribution in [2.45, 2.75) is 0 Å². The monoisotopic (exact) mass is 742 g/mol. The Labute approximate surface area is 334 Å². The van der Waals surface area contributed by atoms with Gasteiger partial charge in [-0.05, 0) is 82.2 Å². The van der Waals surface area contributed by atoms with Crippen molar-refractivity contribution in [3.63, 3.8) is 0 Å². The number of nitrogens with zero attached hydrogens (tertiary/aromatic N) is 2. The van der Waals surface area contributed by atoms with Gasteiger partial charge in [-0.25, -0.2) is 0 Å². The number of rotatable bonds is 6. The van der Waals surface area contributed by atoms with Gasteiger partial charge in [0.2, 0.25) is 5.71 Å². The molecule has 0 N–H and O–H groups in total. The van der Waals surface area contributed by atoms with Crippen molar-refractivity contribution in [3.05, 3.63) is 206 Å². The van der Waals surface area contributed by atoms with Gasteiger partial charge in [0, 0.05) is 38.3 Å². The summed E-state index contributed by atoms with van der Waals surface area (Å²) < 4.78 is 15.5. The topological polar surface area (TPSA) is 34.5 Å². The van der Waals surface area contributed by atoms with Gasteiger partial charge < -0.3 is 13.7 Å². The Morgan fingerprint density at radius 1 is 0.379 bits per heavy atom. The Morgan fingerprint density at radius 2 is 1.02 bits per heavy atom. The summed E-state index contributed by atoms with van der Waals surface area (Å²) in [6.07, 6.45) is 0. The average molecular weight is 743 g/mol. The normalized spacial score (nSPS) is 11.8. The minimum atomic E-state index is 0.855. The van der Waals surface area contributed by atoms with E-state index in [9.17, 15) is 0 Å². The number of para-hydroxylation sites is 4. The zero-order valence-electron chi connectivity index (χ0n) is 31.3. The molecule has 9 aromatic carbocycles. The molecular formula is C54H34N2O2. The lowest BCUT2D eigenvalue weighted by atomic mass is 9.96. The third-order valence-electron chi connectivity index (χ3n) is 11.6. The van der Waals surface area contributed by atoms with Gasteiger partial charge in [0.05, 0.1) is 22.3 Å². The predicted octanol–water partition coefficient (Wildman–Crippen LogP) is 15.4. The zero-order chi connectivity index (χ0) is 38.2. The van der Waals surface area contributed by atoms with Gasteiger partial charge in [0.15, 0.2) is 5.58 Å². The highest BCUT2D eigenvalue weighted by molar-refractivity contribution is 6.20. The molecule has 0 spiro atoms. The molecule has 0 unspecified atom stereocenters. The van der Waals surface area contributed by atoms with Crippen molar-refractivity contribution in [1.29, 1.82) is 0 Å². The van der Waals surface area contributed by atoms with E-state index in [0.717, 1.165) is 88.8 Å². The number of aromatic nitrogens is 1. The van der Waals surface area contributed by atoms with Crippen LogP contribution in [0.5, 0.6) is 0 Å². The SMILES string of the molecule is c1ccc(-c2ccc(N(c3ccc(-c4ccc5c6c7ccccc7oc6n(-c6ccccc6)c5c4)cc3)c3cccc4c3oc3ccccc34)c3ccccc23)cc1.